The van der Waals surface area contributed by atoms with Gasteiger partial charge in [0.15, 0.2) is 0 Å². The van der Waals surface area contributed by atoms with E-state index in [1.165, 1.54) is 11.8 Å². The molecule has 0 radical (unpaired) electrons. The van der Waals surface area contributed by atoms with Crippen LogP contribution in [0.25, 0.3) is 0 Å². The highest BCUT2D eigenvalue weighted by Crippen LogP contribution is 2.25. The van der Waals surface area contributed by atoms with Crippen molar-refractivity contribution in [1.82, 2.24) is 0 Å². The van der Waals surface area contributed by atoms with Crippen LogP contribution in [0, 0.1) is 0 Å². The molecular weight excluding hydrogens is 312 g/mol. The molecule has 3 N–H and O–H groups in total. The largest absolute Gasteiger partial charge is 0.330 e. The molecule has 0 heterocycles. The highest BCUT2D eigenvalue weighted by Gasteiger charge is 2.05. The first-order chi connectivity index (χ1) is 7.63. The quantitative estimate of drug-likeness (QED) is 0.819. The van der Waals surface area contributed by atoms with Gasteiger partial charge in [-0.3, -0.25) is 4.79 Å². The molecule has 0 aromatic heterocycles. The standard InChI is InChI=1S/C10H12BrClN2OS/c11-7-1-2-9(8(12)5-7)14-10(15)6-16-4-3-13/h1-2,5H,3-4,6,13H2,(H,14,15). The van der Waals surface area contributed by atoms with Crippen molar-refractivity contribution < 1.29 is 4.79 Å². The maximum absolute atomic E-state index is 11.5. The van der Waals surface area contributed by atoms with Gasteiger partial charge in [0.2, 0.25) is 5.91 Å². The van der Waals surface area contributed by atoms with E-state index >= 15 is 0 Å². The van der Waals surface area contributed by atoms with Gasteiger partial charge < -0.3 is 11.1 Å². The number of nitrogens with two attached hydrogens (primary N) is 1. The second-order valence-corrected chi connectivity index (χ2v) is 5.44. The maximum Gasteiger partial charge on any atom is 0.234 e. The first-order valence-electron chi connectivity index (χ1n) is 4.66. The average Bonchev–Trinajstić information content (AvgIpc) is 2.23. The summed E-state index contributed by atoms with van der Waals surface area (Å²) in [6, 6.07) is 5.33. The molecule has 6 heteroatoms. The van der Waals surface area contributed by atoms with Crippen molar-refractivity contribution in [1.29, 1.82) is 0 Å². The molecule has 1 aromatic rings. The predicted molar refractivity (Wildman–Crippen MR) is 74.2 cm³/mol. The van der Waals surface area contributed by atoms with Crippen molar-refractivity contribution >= 4 is 50.9 Å². The van der Waals surface area contributed by atoms with E-state index in [0.29, 0.717) is 23.0 Å². The van der Waals surface area contributed by atoms with Crippen LogP contribution in [0.5, 0.6) is 0 Å². The number of hydrogen-bond donors (Lipinski definition) is 2. The Bertz CT molecular complexity index is 376. The number of hydrogen-bond acceptors (Lipinski definition) is 3. The zero-order valence-electron chi connectivity index (χ0n) is 8.50. The summed E-state index contributed by atoms with van der Waals surface area (Å²) >= 11 is 10.8. The topological polar surface area (TPSA) is 55.1 Å². The van der Waals surface area contributed by atoms with Crippen LogP contribution in [0.1, 0.15) is 0 Å². The number of anilines is 1. The van der Waals surface area contributed by atoms with Crippen LogP contribution in [0.3, 0.4) is 0 Å². The van der Waals surface area contributed by atoms with Crippen molar-refractivity contribution in [3.8, 4) is 0 Å². The summed E-state index contributed by atoms with van der Waals surface area (Å²) in [5.74, 6) is 1.10. The van der Waals surface area contributed by atoms with E-state index < -0.39 is 0 Å². The third kappa shape index (κ3) is 4.74. The lowest BCUT2D eigenvalue weighted by molar-refractivity contribution is -0.113. The lowest BCUT2D eigenvalue weighted by Crippen LogP contribution is -2.15. The van der Waals surface area contributed by atoms with Crippen LogP contribution in [0.4, 0.5) is 5.69 Å². The zero-order valence-corrected chi connectivity index (χ0v) is 11.7. The molecule has 88 valence electrons. The van der Waals surface area contributed by atoms with Gasteiger partial charge in [-0.25, -0.2) is 0 Å². The van der Waals surface area contributed by atoms with Gasteiger partial charge in [0.25, 0.3) is 0 Å². The highest BCUT2D eigenvalue weighted by molar-refractivity contribution is 9.10. The number of rotatable bonds is 5. The van der Waals surface area contributed by atoms with Gasteiger partial charge in [-0.1, -0.05) is 27.5 Å². The number of benzene rings is 1. The van der Waals surface area contributed by atoms with Gasteiger partial charge in [-0.2, -0.15) is 11.8 Å². The first kappa shape index (κ1) is 13.8. The molecule has 3 nitrogen and oxygen atoms in total. The number of thioether (sulfide) groups is 1. The van der Waals surface area contributed by atoms with Crippen LogP contribution in [-0.2, 0) is 4.79 Å². The number of amides is 1. The second kappa shape index (κ2) is 7.17. The van der Waals surface area contributed by atoms with Crippen molar-refractivity contribution in [3.05, 3.63) is 27.7 Å². The minimum atomic E-state index is -0.0670. The maximum atomic E-state index is 11.5. The van der Waals surface area contributed by atoms with Crippen LogP contribution >= 0.6 is 39.3 Å². The normalized spacial score (nSPS) is 10.2. The SMILES string of the molecule is NCCSCC(=O)Nc1ccc(Br)cc1Cl. The third-order valence-electron chi connectivity index (χ3n) is 1.70. The van der Waals surface area contributed by atoms with E-state index in [1.54, 1.807) is 12.1 Å². The molecule has 0 saturated carbocycles. The molecule has 0 saturated heterocycles. The monoisotopic (exact) mass is 322 g/mol. The van der Waals surface area contributed by atoms with Crippen molar-refractivity contribution in [2.24, 2.45) is 5.73 Å². The molecule has 0 atom stereocenters. The minimum absolute atomic E-state index is 0.0670. The summed E-state index contributed by atoms with van der Waals surface area (Å²) in [6.07, 6.45) is 0. The lowest BCUT2D eigenvalue weighted by Gasteiger charge is -2.07. The predicted octanol–water partition coefficient (Wildman–Crippen LogP) is 2.73. The van der Waals surface area contributed by atoms with Crippen LogP contribution in [-0.4, -0.2) is 24.0 Å². The molecule has 0 bridgehead atoms. The molecule has 1 rings (SSSR count). The van der Waals surface area contributed by atoms with E-state index in [-0.39, 0.29) is 5.91 Å². The summed E-state index contributed by atoms with van der Waals surface area (Å²) < 4.78 is 0.882. The Balaban J connectivity index is 2.49. The second-order valence-electron chi connectivity index (χ2n) is 3.01. The van der Waals surface area contributed by atoms with Crippen molar-refractivity contribution in [3.63, 3.8) is 0 Å². The van der Waals surface area contributed by atoms with E-state index in [2.05, 4.69) is 21.2 Å². The molecule has 0 fully saturated rings. The van der Waals surface area contributed by atoms with Gasteiger partial charge in [0.05, 0.1) is 16.5 Å². The van der Waals surface area contributed by atoms with E-state index in [0.717, 1.165) is 10.2 Å². The van der Waals surface area contributed by atoms with Crippen LogP contribution in [0.15, 0.2) is 22.7 Å². The number of halogens is 2. The van der Waals surface area contributed by atoms with Crippen LogP contribution in [0.2, 0.25) is 5.02 Å². The van der Waals surface area contributed by atoms with Crippen molar-refractivity contribution in [2.75, 3.05) is 23.4 Å². The van der Waals surface area contributed by atoms with Gasteiger partial charge in [-0.05, 0) is 18.2 Å². The summed E-state index contributed by atoms with van der Waals surface area (Å²) in [4.78, 5) is 11.5. The summed E-state index contributed by atoms with van der Waals surface area (Å²) in [5.41, 5.74) is 5.96. The molecule has 0 aliphatic rings. The molecule has 0 aliphatic heterocycles. The summed E-state index contributed by atoms with van der Waals surface area (Å²) in [7, 11) is 0. The molecule has 0 aliphatic carbocycles. The molecule has 0 spiro atoms. The first-order valence-corrected chi connectivity index (χ1v) is 6.98. The summed E-state index contributed by atoms with van der Waals surface area (Å²) in [5, 5.41) is 3.26. The number of carbonyl (C=O) groups excluding carboxylic acids is 1. The molecular formula is C10H12BrClN2OS. The Morgan fingerprint density at radius 2 is 2.31 bits per heavy atom. The minimum Gasteiger partial charge on any atom is -0.330 e. The zero-order chi connectivity index (χ0) is 12.0. The van der Waals surface area contributed by atoms with Crippen molar-refractivity contribution in [2.45, 2.75) is 0 Å². The molecule has 1 aromatic carbocycles. The Morgan fingerprint density at radius 3 is 2.94 bits per heavy atom. The number of nitrogens with one attached hydrogen (secondary N) is 1. The Hall–Kier alpha value is -0.230. The fourth-order valence-corrected chi connectivity index (χ4v) is 2.31. The van der Waals surface area contributed by atoms with Gasteiger partial charge in [0.1, 0.15) is 0 Å². The van der Waals surface area contributed by atoms with Crippen LogP contribution < -0.4 is 11.1 Å². The van der Waals surface area contributed by atoms with E-state index in [4.69, 9.17) is 17.3 Å². The molecule has 1 amide bonds. The number of carbonyl (C=O) groups is 1. The lowest BCUT2D eigenvalue weighted by atomic mass is 10.3. The average molecular weight is 324 g/mol. The smallest absolute Gasteiger partial charge is 0.234 e. The Labute approximate surface area is 112 Å². The summed E-state index contributed by atoms with van der Waals surface area (Å²) in [6.45, 7) is 0.580. The van der Waals surface area contributed by atoms with E-state index in [1.807, 2.05) is 6.07 Å². The fraction of sp³-hybridized carbons (Fsp3) is 0.300. The fourth-order valence-electron chi connectivity index (χ4n) is 1.03. The van der Waals surface area contributed by atoms with Gasteiger partial charge in [0, 0.05) is 16.8 Å². The van der Waals surface area contributed by atoms with E-state index in [9.17, 15) is 4.79 Å². The molecule has 16 heavy (non-hydrogen) atoms. The van der Waals surface area contributed by atoms with Gasteiger partial charge >= 0.3 is 0 Å². The Morgan fingerprint density at radius 1 is 1.56 bits per heavy atom. The third-order valence-corrected chi connectivity index (χ3v) is 3.50. The molecule has 0 unspecified atom stereocenters. The van der Waals surface area contributed by atoms with Gasteiger partial charge in [-0.15, -0.1) is 0 Å². The Kier molecular flexibility index (Phi) is 6.20. The highest BCUT2D eigenvalue weighted by atomic mass is 79.9.